The van der Waals surface area contributed by atoms with Crippen LogP contribution in [-0.2, 0) is 0 Å². The number of para-hydroxylation sites is 1. The fourth-order valence-corrected chi connectivity index (χ4v) is 1.80. The molecule has 0 spiro atoms. The SMILES string of the molecule is Cc1cc(C(=O)Nc2c(F)cccc2C(=O)O)ccc1F. The zero-order valence-electron chi connectivity index (χ0n) is 11.0. The fraction of sp³-hybridized carbons (Fsp3) is 0.0667. The molecular weight excluding hydrogens is 280 g/mol. The third-order valence-corrected chi connectivity index (χ3v) is 2.90. The minimum Gasteiger partial charge on any atom is -0.478 e. The van der Waals surface area contributed by atoms with E-state index in [-0.39, 0.29) is 16.7 Å². The van der Waals surface area contributed by atoms with Crippen molar-refractivity contribution >= 4 is 17.6 Å². The smallest absolute Gasteiger partial charge is 0.337 e. The Hall–Kier alpha value is -2.76. The Kier molecular flexibility index (Phi) is 3.98. The van der Waals surface area contributed by atoms with E-state index in [9.17, 15) is 18.4 Å². The van der Waals surface area contributed by atoms with Crippen LogP contribution in [-0.4, -0.2) is 17.0 Å². The molecule has 6 heteroatoms. The van der Waals surface area contributed by atoms with Gasteiger partial charge >= 0.3 is 5.97 Å². The van der Waals surface area contributed by atoms with Gasteiger partial charge in [-0.25, -0.2) is 13.6 Å². The first kappa shape index (κ1) is 14.6. The number of benzene rings is 2. The van der Waals surface area contributed by atoms with E-state index in [0.29, 0.717) is 0 Å². The first-order valence-electron chi connectivity index (χ1n) is 5.99. The molecule has 2 N–H and O–H groups in total. The summed E-state index contributed by atoms with van der Waals surface area (Å²) in [5, 5.41) is 11.2. The number of anilines is 1. The van der Waals surface area contributed by atoms with Gasteiger partial charge in [-0.2, -0.15) is 0 Å². The molecule has 0 aliphatic heterocycles. The van der Waals surface area contributed by atoms with Gasteiger partial charge in [0.05, 0.1) is 11.3 Å². The summed E-state index contributed by atoms with van der Waals surface area (Å²) in [6.45, 7) is 1.48. The maximum atomic E-state index is 13.7. The summed E-state index contributed by atoms with van der Waals surface area (Å²) < 4.78 is 26.8. The van der Waals surface area contributed by atoms with Gasteiger partial charge in [0, 0.05) is 5.56 Å². The molecule has 0 saturated heterocycles. The summed E-state index contributed by atoms with van der Waals surface area (Å²) in [5.41, 5.74) is -0.415. The average Bonchev–Trinajstić information content (AvgIpc) is 2.43. The third-order valence-electron chi connectivity index (χ3n) is 2.90. The Morgan fingerprint density at radius 1 is 1.10 bits per heavy atom. The Labute approximate surface area is 119 Å². The van der Waals surface area contributed by atoms with Crippen LogP contribution in [0, 0.1) is 18.6 Å². The van der Waals surface area contributed by atoms with Crippen molar-refractivity contribution in [3.05, 3.63) is 64.7 Å². The lowest BCUT2D eigenvalue weighted by molar-refractivity contribution is 0.0697. The molecule has 2 rings (SSSR count). The van der Waals surface area contributed by atoms with Crippen LogP contribution in [0.2, 0.25) is 0 Å². The highest BCUT2D eigenvalue weighted by molar-refractivity contribution is 6.07. The largest absolute Gasteiger partial charge is 0.478 e. The summed E-state index contributed by atoms with van der Waals surface area (Å²) in [7, 11) is 0. The number of rotatable bonds is 3. The summed E-state index contributed by atoms with van der Waals surface area (Å²) in [5.74, 6) is -3.41. The number of aryl methyl sites for hydroxylation is 1. The van der Waals surface area contributed by atoms with Gasteiger partial charge in [0.1, 0.15) is 11.6 Å². The number of carbonyl (C=O) groups excluding carboxylic acids is 1. The van der Waals surface area contributed by atoms with E-state index in [1.165, 1.54) is 31.2 Å². The normalized spacial score (nSPS) is 10.2. The number of aromatic carboxylic acids is 1. The quantitative estimate of drug-likeness (QED) is 0.912. The molecule has 4 nitrogen and oxygen atoms in total. The third kappa shape index (κ3) is 3.05. The molecule has 0 aliphatic rings. The zero-order chi connectivity index (χ0) is 15.6. The van der Waals surface area contributed by atoms with Gasteiger partial charge in [-0.3, -0.25) is 4.79 Å². The first-order valence-corrected chi connectivity index (χ1v) is 5.99. The highest BCUT2D eigenvalue weighted by Gasteiger charge is 2.17. The van der Waals surface area contributed by atoms with Crippen molar-refractivity contribution in [2.45, 2.75) is 6.92 Å². The molecule has 0 saturated carbocycles. The first-order chi connectivity index (χ1) is 9.90. The molecule has 0 aromatic heterocycles. The van der Waals surface area contributed by atoms with Gasteiger partial charge in [0.15, 0.2) is 0 Å². The van der Waals surface area contributed by atoms with Gasteiger partial charge < -0.3 is 10.4 Å². The van der Waals surface area contributed by atoms with Crippen molar-refractivity contribution in [3.8, 4) is 0 Å². The zero-order valence-corrected chi connectivity index (χ0v) is 11.0. The van der Waals surface area contributed by atoms with E-state index in [1.807, 2.05) is 0 Å². The Morgan fingerprint density at radius 3 is 2.43 bits per heavy atom. The lowest BCUT2D eigenvalue weighted by atomic mass is 10.1. The van der Waals surface area contributed by atoms with Crippen LogP contribution < -0.4 is 5.32 Å². The van der Waals surface area contributed by atoms with Crippen LogP contribution in [0.15, 0.2) is 36.4 Å². The molecule has 0 unspecified atom stereocenters. The van der Waals surface area contributed by atoms with E-state index < -0.39 is 29.2 Å². The molecule has 0 fully saturated rings. The standard InChI is InChI=1S/C15H11F2NO3/c1-8-7-9(5-6-11(8)16)14(19)18-13-10(15(20)21)3-2-4-12(13)17/h2-7H,1H3,(H,18,19)(H,20,21). The predicted molar refractivity (Wildman–Crippen MR) is 72.4 cm³/mol. The van der Waals surface area contributed by atoms with Crippen LogP contribution in [0.3, 0.4) is 0 Å². The molecule has 2 aromatic carbocycles. The topological polar surface area (TPSA) is 66.4 Å². The maximum Gasteiger partial charge on any atom is 0.337 e. The van der Waals surface area contributed by atoms with Gasteiger partial charge in [-0.05, 0) is 42.8 Å². The molecule has 108 valence electrons. The number of hydrogen-bond donors (Lipinski definition) is 2. The Morgan fingerprint density at radius 2 is 1.81 bits per heavy atom. The number of carboxylic acid groups (broad SMARTS) is 1. The summed E-state index contributed by atoms with van der Waals surface area (Å²) in [4.78, 5) is 23.0. The number of nitrogens with one attached hydrogen (secondary N) is 1. The van der Waals surface area contributed by atoms with E-state index in [1.54, 1.807) is 0 Å². The van der Waals surface area contributed by atoms with E-state index in [2.05, 4.69) is 5.32 Å². The highest BCUT2D eigenvalue weighted by Crippen LogP contribution is 2.21. The second-order valence-electron chi connectivity index (χ2n) is 4.39. The molecule has 0 heterocycles. The lowest BCUT2D eigenvalue weighted by Gasteiger charge is -2.10. The molecular formula is C15H11F2NO3. The summed E-state index contributed by atoms with van der Waals surface area (Å²) in [6, 6.07) is 7.10. The monoisotopic (exact) mass is 291 g/mol. The lowest BCUT2D eigenvalue weighted by Crippen LogP contribution is -2.16. The molecule has 0 aliphatic carbocycles. The van der Waals surface area contributed by atoms with Crippen molar-refractivity contribution in [1.82, 2.24) is 0 Å². The van der Waals surface area contributed by atoms with E-state index in [4.69, 9.17) is 5.11 Å². The highest BCUT2D eigenvalue weighted by atomic mass is 19.1. The van der Waals surface area contributed by atoms with Crippen molar-refractivity contribution in [2.75, 3.05) is 5.32 Å². The second-order valence-corrected chi connectivity index (χ2v) is 4.39. The molecule has 2 aromatic rings. The van der Waals surface area contributed by atoms with Crippen LogP contribution in [0.5, 0.6) is 0 Å². The molecule has 0 radical (unpaired) electrons. The summed E-state index contributed by atoms with van der Waals surface area (Å²) in [6.07, 6.45) is 0. The van der Waals surface area contributed by atoms with Crippen molar-refractivity contribution < 1.29 is 23.5 Å². The minimum atomic E-state index is -1.36. The summed E-state index contributed by atoms with van der Waals surface area (Å²) >= 11 is 0. The minimum absolute atomic E-state index is 0.105. The average molecular weight is 291 g/mol. The second kappa shape index (κ2) is 5.70. The predicted octanol–water partition coefficient (Wildman–Crippen LogP) is 3.22. The number of halogens is 2. The van der Waals surface area contributed by atoms with Crippen molar-refractivity contribution in [3.63, 3.8) is 0 Å². The molecule has 21 heavy (non-hydrogen) atoms. The van der Waals surface area contributed by atoms with E-state index in [0.717, 1.165) is 12.1 Å². The Balaban J connectivity index is 2.36. The molecule has 1 amide bonds. The van der Waals surface area contributed by atoms with Gasteiger partial charge in [0.25, 0.3) is 5.91 Å². The number of hydrogen-bond acceptors (Lipinski definition) is 2. The Bertz CT molecular complexity index is 729. The van der Waals surface area contributed by atoms with E-state index >= 15 is 0 Å². The van der Waals surface area contributed by atoms with Crippen LogP contribution in [0.4, 0.5) is 14.5 Å². The van der Waals surface area contributed by atoms with Gasteiger partial charge in [-0.15, -0.1) is 0 Å². The number of amides is 1. The van der Waals surface area contributed by atoms with Crippen LogP contribution in [0.1, 0.15) is 26.3 Å². The van der Waals surface area contributed by atoms with Crippen LogP contribution in [0.25, 0.3) is 0 Å². The molecule has 0 bridgehead atoms. The van der Waals surface area contributed by atoms with Crippen LogP contribution >= 0.6 is 0 Å². The maximum absolute atomic E-state index is 13.7. The van der Waals surface area contributed by atoms with Gasteiger partial charge in [0.2, 0.25) is 0 Å². The van der Waals surface area contributed by atoms with Crippen molar-refractivity contribution in [1.29, 1.82) is 0 Å². The molecule has 0 atom stereocenters. The number of carbonyl (C=O) groups is 2. The number of carboxylic acids is 1. The fourth-order valence-electron chi connectivity index (χ4n) is 1.80. The van der Waals surface area contributed by atoms with Gasteiger partial charge in [-0.1, -0.05) is 6.07 Å². The van der Waals surface area contributed by atoms with Crippen molar-refractivity contribution in [2.24, 2.45) is 0 Å².